The normalized spacial score (nSPS) is 17.2. The molecule has 1 aliphatic rings. The highest BCUT2D eigenvalue weighted by Gasteiger charge is 2.28. The van der Waals surface area contributed by atoms with Crippen LogP contribution in [0, 0.1) is 17.3 Å². The lowest BCUT2D eigenvalue weighted by molar-refractivity contribution is 0.0630. The molecular weight excluding hydrogens is 250 g/mol. The first-order valence-electron chi connectivity index (χ1n) is 7.01. The second-order valence-corrected chi connectivity index (χ2v) is 6.00. The summed E-state index contributed by atoms with van der Waals surface area (Å²) in [7, 11) is 0. The van der Waals surface area contributed by atoms with Gasteiger partial charge in [-0.1, -0.05) is 31.8 Å². The van der Waals surface area contributed by atoms with Gasteiger partial charge in [-0.15, -0.1) is 0 Å². The molecule has 0 bridgehead atoms. The van der Waals surface area contributed by atoms with Crippen molar-refractivity contribution in [3.05, 3.63) is 35.4 Å². The smallest absolute Gasteiger partial charge is 0.253 e. The summed E-state index contributed by atoms with van der Waals surface area (Å²) in [6.45, 7) is 5.97. The van der Waals surface area contributed by atoms with Crippen LogP contribution in [-0.4, -0.2) is 35.6 Å². The minimum absolute atomic E-state index is 0.0770. The van der Waals surface area contributed by atoms with Gasteiger partial charge in [0.2, 0.25) is 0 Å². The van der Waals surface area contributed by atoms with E-state index in [1.54, 1.807) is 6.07 Å². The highest BCUT2D eigenvalue weighted by atomic mass is 16.2. The third-order valence-corrected chi connectivity index (χ3v) is 3.83. The van der Waals surface area contributed by atoms with E-state index in [0.29, 0.717) is 11.0 Å². The summed E-state index contributed by atoms with van der Waals surface area (Å²) in [6, 6.07) is 7.30. The first kappa shape index (κ1) is 14.6. The first-order chi connectivity index (χ1) is 9.52. The van der Waals surface area contributed by atoms with Crippen LogP contribution in [0.15, 0.2) is 24.3 Å². The van der Waals surface area contributed by atoms with Gasteiger partial charge in [-0.05, 0) is 36.5 Å². The van der Waals surface area contributed by atoms with Gasteiger partial charge in [-0.3, -0.25) is 4.79 Å². The van der Waals surface area contributed by atoms with E-state index in [1.807, 2.05) is 23.1 Å². The number of carbonyl (C=O) groups is 1. The van der Waals surface area contributed by atoms with Crippen molar-refractivity contribution in [3.63, 3.8) is 0 Å². The van der Waals surface area contributed by atoms with Crippen LogP contribution in [0.2, 0.25) is 0 Å². The summed E-state index contributed by atoms with van der Waals surface area (Å²) >= 11 is 0. The van der Waals surface area contributed by atoms with Crippen molar-refractivity contribution in [2.45, 2.75) is 26.7 Å². The monoisotopic (exact) mass is 271 g/mol. The lowest BCUT2D eigenvalue weighted by Gasteiger charge is -2.37. The fraction of sp³-hybridized carbons (Fsp3) is 0.471. The van der Waals surface area contributed by atoms with E-state index in [2.05, 4.69) is 25.7 Å². The van der Waals surface area contributed by atoms with Crippen molar-refractivity contribution in [3.8, 4) is 11.8 Å². The van der Waals surface area contributed by atoms with E-state index in [0.717, 1.165) is 31.5 Å². The van der Waals surface area contributed by atoms with Crippen LogP contribution >= 0.6 is 0 Å². The van der Waals surface area contributed by atoms with Crippen LogP contribution in [0.25, 0.3) is 0 Å². The van der Waals surface area contributed by atoms with Gasteiger partial charge in [-0.25, -0.2) is 0 Å². The molecule has 1 aromatic carbocycles. The molecule has 1 amide bonds. The number of nitrogens with zero attached hydrogens (tertiary/aromatic N) is 1. The molecule has 0 spiro atoms. The van der Waals surface area contributed by atoms with E-state index < -0.39 is 0 Å². The zero-order valence-corrected chi connectivity index (χ0v) is 12.1. The maximum Gasteiger partial charge on any atom is 0.253 e. The number of aliphatic hydroxyl groups excluding tert-OH is 1. The lowest BCUT2D eigenvalue weighted by atomic mass is 9.82. The van der Waals surface area contributed by atoms with Crippen LogP contribution in [0.5, 0.6) is 0 Å². The van der Waals surface area contributed by atoms with Crippen LogP contribution in [-0.2, 0) is 0 Å². The Bertz CT molecular complexity index is 542. The second-order valence-electron chi connectivity index (χ2n) is 6.00. The van der Waals surface area contributed by atoms with Gasteiger partial charge < -0.3 is 10.0 Å². The molecule has 0 unspecified atom stereocenters. The maximum atomic E-state index is 12.5. The molecule has 1 heterocycles. The summed E-state index contributed by atoms with van der Waals surface area (Å²) in [4.78, 5) is 14.4. The fourth-order valence-corrected chi connectivity index (χ4v) is 2.37. The van der Waals surface area contributed by atoms with Gasteiger partial charge in [-0.2, -0.15) is 0 Å². The molecule has 3 heteroatoms. The van der Waals surface area contributed by atoms with Crippen molar-refractivity contribution in [1.29, 1.82) is 0 Å². The van der Waals surface area contributed by atoms with E-state index in [-0.39, 0.29) is 12.5 Å². The number of likely N-dealkylation sites (tertiary alicyclic amines) is 1. The number of piperidine rings is 1. The lowest BCUT2D eigenvalue weighted by Crippen LogP contribution is -2.41. The van der Waals surface area contributed by atoms with Gasteiger partial charge in [0.25, 0.3) is 5.91 Å². The predicted molar refractivity (Wildman–Crippen MR) is 79.3 cm³/mol. The number of amides is 1. The van der Waals surface area contributed by atoms with Gasteiger partial charge in [0.05, 0.1) is 0 Å². The number of hydrogen-bond acceptors (Lipinski definition) is 2. The van der Waals surface area contributed by atoms with Crippen molar-refractivity contribution < 1.29 is 9.90 Å². The van der Waals surface area contributed by atoms with Gasteiger partial charge in [0.15, 0.2) is 0 Å². The molecule has 20 heavy (non-hydrogen) atoms. The molecule has 0 aromatic heterocycles. The zero-order valence-electron chi connectivity index (χ0n) is 12.1. The predicted octanol–water partition coefficient (Wildman–Crippen LogP) is 2.29. The molecule has 1 fully saturated rings. The summed E-state index contributed by atoms with van der Waals surface area (Å²) in [6.07, 6.45) is 2.09. The molecule has 0 atom stereocenters. The summed E-state index contributed by atoms with van der Waals surface area (Å²) in [5.41, 5.74) is 1.78. The molecule has 0 saturated carbocycles. The van der Waals surface area contributed by atoms with Gasteiger partial charge in [0, 0.05) is 24.2 Å². The van der Waals surface area contributed by atoms with Crippen molar-refractivity contribution in [2.75, 3.05) is 19.7 Å². The standard InChI is InChI=1S/C17H21NO2/c1-17(2)8-10-18(11-9-17)16(20)15-7-3-5-14(13-15)6-4-12-19/h3,5,7,13,19H,8-12H2,1-2H3. The van der Waals surface area contributed by atoms with E-state index in [1.165, 1.54) is 0 Å². The van der Waals surface area contributed by atoms with Crippen molar-refractivity contribution >= 4 is 5.91 Å². The molecule has 0 aliphatic carbocycles. The number of hydrogen-bond donors (Lipinski definition) is 1. The summed E-state index contributed by atoms with van der Waals surface area (Å²) < 4.78 is 0. The van der Waals surface area contributed by atoms with Crippen molar-refractivity contribution in [2.24, 2.45) is 5.41 Å². The molecule has 3 nitrogen and oxygen atoms in total. The highest BCUT2D eigenvalue weighted by Crippen LogP contribution is 2.30. The summed E-state index contributed by atoms with van der Waals surface area (Å²) in [5, 5.41) is 8.71. The third kappa shape index (κ3) is 3.61. The zero-order chi connectivity index (χ0) is 14.6. The molecule has 2 rings (SSSR count). The average Bonchev–Trinajstić information content (AvgIpc) is 2.45. The Morgan fingerprint density at radius 3 is 2.70 bits per heavy atom. The molecule has 1 N–H and O–H groups in total. The number of aliphatic hydroxyl groups is 1. The highest BCUT2D eigenvalue weighted by molar-refractivity contribution is 5.94. The minimum atomic E-state index is -0.167. The van der Waals surface area contributed by atoms with Gasteiger partial charge in [0.1, 0.15) is 6.61 Å². The minimum Gasteiger partial charge on any atom is -0.384 e. The second kappa shape index (κ2) is 6.11. The third-order valence-electron chi connectivity index (χ3n) is 3.83. The first-order valence-corrected chi connectivity index (χ1v) is 7.01. The average molecular weight is 271 g/mol. The van der Waals surface area contributed by atoms with Crippen LogP contribution in [0.1, 0.15) is 42.6 Å². The largest absolute Gasteiger partial charge is 0.384 e. The number of carbonyl (C=O) groups excluding carboxylic acids is 1. The van der Waals surface area contributed by atoms with Crippen LogP contribution < -0.4 is 0 Å². The number of rotatable bonds is 1. The molecular formula is C17H21NO2. The Labute approximate surface area is 120 Å². The SMILES string of the molecule is CC1(C)CCN(C(=O)c2cccc(C#CCO)c2)CC1. The van der Waals surface area contributed by atoms with Crippen LogP contribution in [0.3, 0.4) is 0 Å². The molecule has 1 saturated heterocycles. The Kier molecular flexibility index (Phi) is 4.46. The van der Waals surface area contributed by atoms with Crippen molar-refractivity contribution in [1.82, 2.24) is 4.90 Å². The Morgan fingerprint density at radius 1 is 1.35 bits per heavy atom. The Morgan fingerprint density at radius 2 is 2.05 bits per heavy atom. The molecule has 1 aromatic rings. The van der Waals surface area contributed by atoms with E-state index in [9.17, 15) is 4.79 Å². The molecule has 106 valence electrons. The maximum absolute atomic E-state index is 12.5. The number of benzene rings is 1. The molecule has 0 radical (unpaired) electrons. The van der Waals surface area contributed by atoms with Crippen LogP contribution in [0.4, 0.5) is 0 Å². The fourth-order valence-electron chi connectivity index (χ4n) is 2.37. The van der Waals surface area contributed by atoms with Gasteiger partial charge >= 0.3 is 0 Å². The molecule has 1 aliphatic heterocycles. The summed E-state index contributed by atoms with van der Waals surface area (Å²) in [5.74, 6) is 5.51. The van der Waals surface area contributed by atoms with E-state index >= 15 is 0 Å². The topological polar surface area (TPSA) is 40.5 Å². The van der Waals surface area contributed by atoms with E-state index in [4.69, 9.17) is 5.11 Å². The Hall–Kier alpha value is -1.79. The Balaban J connectivity index is 2.10. The quantitative estimate of drug-likeness (QED) is 0.796.